The van der Waals surface area contributed by atoms with Crippen molar-refractivity contribution in [2.45, 2.75) is 39.7 Å². The number of amides is 2. The Bertz CT molecular complexity index is 982. The van der Waals surface area contributed by atoms with Crippen LogP contribution >= 0.6 is 0 Å². The second-order valence-corrected chi connectivity index (χ2v) is 7.63. The van der Waals surface area contributed by atoms with Crippen molar-refractivity contribution in [2.75, 3.05) is 16.8 Å². The number of nitrogens with one attached hydrogen (secondary N) is 1. The summed E-state index contributed by atoms with van der Waals surface area (Å²) in [5.41, 5.74) is 2.95. The summed E-state index contributed by atoms with van der Waals surface area (Å²) >= 11 is 0. The molecule has 1 saturated heterocycles. The number of carbonyl (C=O) groups excluding carboxylic acids is 4. The molecule has 162 valence electrons. The van der Waals surface area contributed by atoms with Crippen LogP contribution in [0.2, 0.25) is 0 Å². The van der Waals surface area contributed by atoms with Crippen molar-refractivity contribution >= 4 is 34.9 Å². The molecule has 0 aliphatic carbocycles. The van der Waals surface area contributed by atoms with Crippen molar-refractivity contribution in [1.82, 2.24) is 0 Å². The van der Waals surface area contributed by atoms with Crippen LogP contribution in [0, 0.1) is 5.92 Å². The summed E-state index contributed by atoms with van der Waals surface area (Å²) < 4.78 is 5.32. The third kappa shape index (κ3) is 5.36. The molecule has 0 unspecified atom stereocenters. The van der Waals surface area contributed by atoms with Crippen LogP contribution in [-0.2, 0) is 25.5 Å². The molecule has 31 heavy (non-hydrogen) atoms. The van der Waals surface area contributed by atoms with Gasteiger partial charge in [0.25, 0.3) is 5.91 Å². The second-order valence-electron chi connectivity index (χ2n) is 7.63. The number of carbonyl (C=O) groups is 4. The Morgan fingerprint density at radius 2 is 1.74 bits per heavy atom. The molecule has 1 aliphatic rings. The molecule has 0 saturated carbocycles. The van der Waals surface area contributed by atoms with Gasteiger partial charge >= 0.3 is 5.97 Å². The summed E-state index contributed by atoms with van der Waals surface area (Å²) in [6.45, 7) is 5.23. The van der Waals surface area contributed by atoms with E-state index in [2.05, 4.69) is 12.2 Å². The molecule has 3 rings (SSSR count). The van der Waals surface area contributed by atoms with Gasteiger partial charge in [-0.05, 0) is 62.2 Å². The van der Waals surface area contributed by atoms with Gasteiger partial charge in [0.1, 0.15) is 0 Å². The van der Waals surface area contributed by atoms with Crippen LogP contribution in [-0.4, -0.2) is 36.2 Å². The van der Waals surface area contributed by atoms with Crippen molar-refractivity contribution in [3.05, 3.63) is 59.7 Å². The minimum absolute atomic E-state index is 0.0508. The van der Waals surface area contributed by atoms with Gasteiger partial charge in [-0.1, -0.05) is 19.1 Å². The number of ketones is 1. The van der Waals surface area contributed by atoms with Gasteiger partial charge in [0.05, 0.1) is 5.92 Å². The Kier molecular flexibility index (Phi) is 6.84. The Hall–Kier alpha value is -3.48. The number of nitrogens with zero attached hydrogens (tertiary/aromatic N) is 1. The van der Waals surface area contributed by atoms with Crippen LogP contribution in [0.25, 0.3) is 0 Å². The minimum atomic E-state index is -1.02. The van der Waals surface area contributed by atoms with E-state index >= 15 is 0 Å². The van der Waals surface area contributed by atoms with E-state index in [0.717, 1.165) is 12.1 Å². The molecule has 0 radical (unpaired) electrons. The molecule has 1 heterocycles. The smallest absolute Gasteiger partial charge is 0.312 e. The number of anilines is 2. The van der Waals surface area contributed by atoms with Gasteiger partial charge < -0.3 is 15.0 Å². The SMILES string of the molecule is CCc1ccc(N2C[C@@H](C(=O)O[C@@H](C)C(=O)Nc3ccc(C(C)=O)cc3)CC2=O)cc1. The Balaban J connectivity index is 1.55. The minimum Gasteiger partial charge on any atom is -0.452 e. The first kappa shape index (κ1) is 22.2. The van der Waals surface area contributed by atoms with E-state index in [0.29, 0.717) is 11.3 Å². The average Bonchev–Trinajstić information content (AvgIpc) is 3.15. The van der Waals surface area contributed by atoms with Crippen LogP contribution in [0.5, 0.6) is 0 Å². The zero-order valence-electron chi connectivity index (χ0n) is 17.9. The Morgan fingerprint density at radius 3 is 2.32 bits per heavy atom. The van der Waals surface area contributed by atoms with Crippen molar-refractivity contribution in [2.24, 2.45) is 5.92 Å². The fraction of sp³-hybridized carbons (Fsp3) is 0.333. The van der Waals surface area contributed by atoms with E-state index in [9.17, 15) is 19.2 Å². The summed E-state index contributed by atoms with van der Waals surface area (Å²) in [7, 11) is 0. The van der Waals surface area contributed by atoms with Crippen molar-refractivity contribution in [3.8, 4) is 0 Å². The van der Waals surface area contributed by atoms with Crippen LogP contribution in [0.4, 0.5) is 11.4 Å². The van der Waals surface area contributed by atoms with E-state index in [1.54, 1.807) is 29.2 Å². The number of rotatable bonds is 7. The molecule has 2 atom stereocenters. The van der Waals surface area contributed by atoms with Crippen molar-refractivity contribution in [3.63, 3.8) is 0 Å². The predicted octanol–water partition coefficient (Wildman–Crippen LogP) is 3.37. The normalized spacial score (nSPS) is 16.7. The van der Waals surface area contributed by atoms with Gasteiger partial charge in [0.15, 0.2) is 11.9 Å². The van der Waals surface area contributed by atoms with Gasteiger partial charge in [0, 0.05) is 29.9 Å². The molecule has 0 spiro atoms. The largest absolute Gasteiger partial charge is 0.452 e. The fourth-order valence-electron chi connectivity index (χ4n) is 3.38. The van der Waals surface area contributed by atoms with E-state index in [4.69, 9.17) is 4.74 Å². The number of Topliss-reactive ketones (excluding diaryl/α,β-unsaturated/α-hetero) is 1. The second kappa shape index (κ2) is 9.55. The highest BCUT2D eigenvalue weighted by molar-refractivity contribution is 6.00. The summed E-state index contributed by atoms with van der Waals surface area (Å²) in [5.74, 6) is -1.89. The first-order chi connectivity index (χ1) is 14.8. The zero-order valence-corrected chi connectivity index (χ0v) is 17.9. The van der Waals surface area contributed by atoms with Gasteiger partial charge in [-0.15, -0.1) is 0 Å². The molecular weight excluding hydrogens is 396 g/mol. The number of aryl methyl sites for hydroxylation is 1. The van der Waals surface area contributed by atoms with E-state index in [-0.39, 0.29) is 24.7 Å². The maximum absolute atomic E-state index is 12.5. The lowest BCUT2D eigenvalue weighted by molar-refractivity contribution is -0.157. The summed E-state index contributed by atoms with van der Waals surface area (Å²) in [5, 5.41) is 2.65. The molecule has 2 amide bonds. The third-order valence-electron chi connectivity index (χ3n) is 5.34. The maximum atomic E-state index is 12.5. The highest BCUT2D eigenvalue weighted by Gasteiger charge is 2.37. The molecule has 1 fully saturated rings. The zero-order chi connectivity index (χ0) is 22.5. The Labute approximate surface area is 181 Å². The number of esters is 1. The van der Waals surface area contributed by atoms with E-state index < -0.39 is 23.9 Å². The van der Waals surface area contributed by atoms with E-state index in [1.165, 1.54) is 19.4 Å². The maximum Gasteiger partial charge on any atom is 0.312 e. The molecule has 1 aliphatic heterocycles. The van der Waals surface area contributed by atoms with Gasteiger partial charge in [-0.2, -0.15) is 0 Å². The topological polar surface area (TPSA) is 92.8 Å². The molecule has 1 N–H and O–H groups in total. The molecular formula is C24H26N2O5. The lowest BCUT2D eigenvalue weighted by atomic mass is 10.1. The van der Waals surface area contributed by atoms with Crippen LogP contribution in [0.15, 0.2) is 48.5 Å². The summed E-state index contributed by atoms with van der Waals surface area (Å²) in [6.07, 6.45) is -0.0628. The highest BCUT2D eigenvalue weighted by atomic mass is 16.5. The lowest BCUT2D eigenvalue weighted by Crippen LogP contribution is -2.33. The number of hydrogen-bond donors (Lipinski definition) is 1. The quantitative estimate of drug-likeness (QED) is 0.545. The van der Waals surface area contributed by atoms with Gasteiger partial charge in [-0.3, -0.25) is 19.2 Å². The summed E-state index contributed by atoms with van der Waals surface area (Å²) in [6, 6.07) is 14.1. The molecule has 7 heteroatoms. The predicted molar refractivity (Wildman–Crippen MR) is 117 cm³/mol. The number of benzene rings is 2. The highest BCUT2D eigenvalue weighted by Crippen LogP contribution is 2.26. The van der Waals surface area contributed by atoms with Crippen molar-refractivity contribution in [1.29, 1.82) is 0 Å². The molecule has 0 aromatic heterocycles. The Morgan fingerprint density at radius 1 is 1.10 bits per heavy atom. The lowest BCUT2D eigenvalue weighted by Gasteiger charge is -2.18. The third-order valence-corrected chi connectivity index (χ3v) is 5.34. The van der Waals surface area contributed by atoms with Crippen LogP contribution in [0.3, 0.4) is 0 Å². The van der Waals surface area contributed by atoms with Crippen LogP contribution in [0.1, 0.15) is 43.1 Å². The number of ether oxygens (including phenoxy) is 1. The summed E-state index contributed by atoms with van der Waals surface area (Å²) in [4.78, 5) is 50.2. The fourth-order valence-corrected chi connectivity index (χ4v) is 3.38. The molecule has 7 nitrogen and oxygen atoms in total. The number of hydrogen-bond acceptors (Lipinski definition) is 5. The standard InChI is InChI=1S/C24H26N2O5/c1-4-17-5-11-21(12-6-17)26-14-19(13-22(26)28)24(30)31-16(3)23(29)25-20-9-7-18(8-10-20)15(2)27/h5-12,16,19H,4,13-14H2,1-3H3,(H,25,29)/t16-,19-/m0/s1. The van der Waals surface area contributed by atoms with E-state index in [1.807, 2.05) is 24.3 Å². The van der Waals surface area contributed by atoms with Crippen molar-refractivity contribution < 1.29 is 23.9 Å². The molecule has 2 aromatic rings. The molecule has 2 aromatic carbocycles. The van der Waals surface area contributed by atoms with Crippen LogP contribution < -0.4 is 10.2 Å². The molecule has 0 bridgehead atoms. The van der Waals surface area contributed by atoms with Gasteiger partial charge in [0.2, 0.25) is 5.91 Å². The first-order valence-corrected chi connectivity index (χ1v) is 10.3. The first-order valence-electron chi connectivity index (χ1n) is 10.3. The average molecular weight is 422 g/mol. The monoisotopic (exact) mass is 422 g/mol. The van der Waals surface area contributed by atoms with Gasteiger partial charge in [-0.25, -0.2) is 0 Å².